The number of nitrogens with zero attached hydrogens (tertiary/aromatic N) is 4. The molecule has 1 spiro atoms. The van der Waals surface area contributed by atoms with E-state index < -0.39 is 0 Å². The van der Waals surface area contributed by atoms with Gasteiger partial charge >= 0.3 is 0 Å². The molecule has 0 atom stereocenters. The van der Waals surface area contributed by atoms with Crippen molar-refractivity contribution in [2.45, 2.75) is 37.5 Å². The van der Waals surface area contributed by atoms with E-state index in [1.54, 1.807) is 11.1 Å². The third kappa shape index (κ3) is 3.72. The van der Waals surface area contributed by atoms with E-state index in [1.165, 1.54) is 75.8 Å². The Hall–Kier alpha value is -5.61. The van der Waals surface area contributed by atoms with E-state index in [4.69, 9.17) is 15.0 Å². The van der Waals surface area contributed by atoms with Gasteiger partial charge in [-0.1, -0.05) is 127 Å². The van der Waals surface area contributed by atoms with Gasteiger partial charge in [-0.25, -0.2) is 4.98 Å². The molecule has 5 aliphatic carbocycles. The monoisotopic (exact) mass is 656 g/mol. The number of hydrogen-bond acceptors (Lipinski definition) is 3. The maximum atomic E-state index is 5.33. The van der Waals surface area contributed by atoms with Crippen molar-refractivity contribution >= 4 is 32.6 Å². The van der Waals surface area contributed by atoms with Crippen molar-refractivity contribution in [3.63, 3.8) is 0 Å². The fraction of sp³-hybridized carbons (Fsp3) is 0.213. The Morgan fingerprint density at radius 1 is 0.510 bits per heavy atom. The van der Waals surface area contributed by atoms with E-state index in [0.717, 1.165) is 23.0 Å². The largest absolute Gasteiger partial charge is 0.277 e. The molecule has 13 rings (SSSR count). The Morgan fingerprint density at radius 2 is 1.14 bits per heavy atom. The first-order chi connectivity index (χ1) is 25.3. The van der Waals surface area contributed by atoms with Crippen LogP contribution in [0.5, 0.6) is 0 Å². The van der Waals surface area contributed by atoms with Crippen molar-refractivity contribution in [3.05, 3.63) is 145 Å². The molecule has 0 saturated heterocycles. The average Bonchev–Trinajstić information content (AvgIpc) is 3.68. The summed E-state index contributed by atoms with van der Waals surface area (Å²) in [6.45, 7) is 0. The lowest BCUT2D eigenvalue weighted by molar-refractivity contribution is -0.0393. The molecule has 244 valence electrons. The first-order valence-corrected chi connectivity index (χ1v) is 18.7. The van der Waals surface area contributed by atoms with E-state index in [9.17, 15) is 0 Å². The molecule has 6 aromatic carbocycles. The summed E-state index contributed by atoms with van der Waals surface area (Å²) in [4.78, 5) is 15.7. The predicted octanol–water partition coefficient (Wildman–Crippen LogP) is 11.2. The highest BCUT2D eigenvalue weighted by molar-refractivity contribution is 6.21. The van der Waals surface area contributed by atoms with Crippen molar-refractivity contribution in [1.29, 1.82) is 0 Å². The zero-order valence-corrected chi connectivity index (χ0v) is 28.3. The molecular weight excluding hydrogens is 621 g/mol. The van der Waals surface area contributed by atoms with Gasteiger partial charge in [0.1, 0.15) is 0 Å². The number of rotatable bonds is 3. The van der Waals surface area contributed by atoms with E-state index >= 15 is 0 Å². The zero-order chi connectivity index (χ0) is 33.3. The van der Waals surface area contributed by atoms with Gasteiger partial charge in [0, 0.05) is 32.7 Å². The van der Waals surface area contributed by atoms with Gasteiger partial charge in [0.2, 0.25) is 5.95 Å². The van der Waals surface area contributed by atoms with Gasteiger partial charge < -0.3 is 0 Å². The van der Waals surface area contributed by atoms with Crippen LogP contribution in [0.25, 0.3) is 72.4 Å². The van der Waals surface area contributed by atoms with Gasteiger partial charge in [-0.2, -0.15) is 9.97 Å². The highest BCUT2D eigenvalue weighted by Crippen LogP contribution is 2.70. The molecule has 0 amide bonds. The van der Waals surface area contributed by atoms with Gasteiger partial charge in [-0.3, -0.25) is 4.57 Å². The van der Waals surface area contributed by atoms with E-state index in [1.807, 2.05) is 12.1 Å². The summed E-state index contributed by atoms with van der Waals surface area (Å²) in [5, 5.41) is 5.13. The smallest absolute Gasteiger partial charge is 0.238 e. The topological polar surface area (TPSA) is 43.6 Å². The van der Waals surface area contributed by atoms with Crippen LogP contribution in [0.2, 0.25) is 0 Å². The summed E-state index contributed by atoms with van der Waals surface area (Å²) >= 11 is 0. The molecule has 0 aliphatic heterocycles. The molecule has 0 N–H and O–H groups in total. The minimum Gasteiger partial charge on any atom is -0.277 e. The van der Waals surface area contributed by atoms with Crippen LogP contribution >= 0.6 is 0 Å². The van der Waals surface area contributed by atoms with E-state index in [2.05, 4.69) is 126 Å². The lowest BCUT2D eigenvalue weighted by Crippen LogP contribution is -2.55. The normalized spacial score (nSPS) is 24.2. The lowest BCUT2D eigenvalue weighted by Gasteiger charge is -2.61. The number of benzene rings is 6. The second-order valence-electron chi connectivity index (χ2n) is 15.6. The third-order valence-corrected chi connectivity index (χ3v) is 13.2. The SMILES string of the molecule is c1ccc(-c2nc(-c3ccccc3)nc(-n3c4ccc5c(c4c4ccc6ccccc6c43)C3(c4ccccc4-5)C4CC5CC(C4)CC3C5)n2)cc1. The first-order valence-electron chi connectivity index (χ1n) is 18.7. The zero-order valence-electron chi connectivity index (χ0n) is 28.3. The molecular formula is C47H36N4. The molecule has 2 heterocycles. The summed E-state index contributed by atoms with van der Waals surface area (Å²) in [6, 6.07) is 48.4. The highest BCUT2D eigenvalue weighted by Gasteiger charge is 2.62. The standard InChI is InChI=1S/C47H36N4/c1-3-12-31(13-4-1)44-48-45(32-14-5-2-6-15-32)50-46(49-44)51-40-22-21-37-36-17-9-10-18-39(36)47(33-24-28-23-29(26-33)27-34(47)25-28)42(37)41(40)38-20-19-30-11-7-8-16-35(30)43(38)51/h1-22,28-29,33-34H,23-27H2. The lowest BCUT2D eigenvalue weighted by atomic mass is 9.43. The maximum absolute atomic E-state index is 5.33. The molecule has 4 heteroatoms. The van der Waals surface area contributed by atoms with Crippen LogP contribution in [-0.2, 0) is 5.41 Å². The number of fused-ring (bicyclic) bond motifs is 9. The molecule has 4 nitrogen and oxygen atoms in total. The summed E-state index contributed by atoms with van der Waals surface area (Å²) in [6.07, 6.45) is 6.86. The summed E-state index contributed by atoms with van der Waals surface area (Å²) in [5.74, 6) is 5.14. The predicted molar refractivity (Wildman–Crippen MR) is 206 cm³/mol. The summed E-state index contributed by atoms with van der Waals surface area (Å²) in [7, 11) is 0. The Balaban J connectivity index is 1.23. The molecule has 4 saturated carbocycles. The molecule has 4 bridgehead atoms. The summed E-state index contributed by atoms with van der Waals surface area (Å²) < 4.78 is 2.38. The van der Waals surface area contributed by atoms with Crippen LogP contribution < -0.4 is 0 Å². The van der Waals surface area contributed by atoms with Crippen LogP contribution in [0.1, 0.15) is 43.2 Å². The molecule has 8 aromatic rings. The second-order valence-corrected chi connectivity index (χ2v) is 15.6. The Morgan fingerprint density at radius 3 is 1.84 bits per heavy atom. The van der Waals surface area contributed by atoms with E-state index in [0.29, 0.717) is 29.4 Å². The van der Waals surface area contributed by atoms with E-state index in [-0.39, 0.29) is 5.41 Å². The number of hydrogen-bond donors (Lipinski definition) is 0. The fourth-order valence-corrected chi connectivity index (χ4v) is 11.6. The Bertz CT molecular complexity index is 2620. The third-order valence-electron chi connectivity index (χ3n) is 13.2. The first kappa shape index (κ1) is 28.1. The average molecular weight is 657 g/mol. The highest BCUT2D eigenvalue weighted by atomic mass is 15.2. The molecule has 4 fully saturated rings. The van der Waals surface area contributed by atoms with Gasteiger partial charge in [0.25, 0.3) is 0 Å². The Labute approximate surface area is 296 Å². The fourth-order valence-electron chi connectivity index (χ4n) is 11.6. The minimum atomic E-state index is 0.0348. The molecule has 51 heavy (non-hydrogen) atoms. The molecule has 2 aromatic heterocycles. The Kier molecular flexibility index (Phi) is 5.64. The van der Waals surface area contributed by atoms with Gasteiger partial charge in [-0.15, -0.1) is 0 Å². The molecule has 5 aliphatic rings. The van der Waals surface area contributed by atoms with Crippen molar-refractivity contribution in [2.24, 2.45) is 23.7 Å². The maximum Gasteiger partial charge on any atom is 0.238 e. The van der Waals surface area contributed by atoms with Crippen molar-refractivity contribution in [3.8, 4) is 39.9 Å². The van der Waals surface area contributed by atoms with Gasteiger partial charge in [0.05, 0.1) is 11.0 Å². The van der Waals surface area contributed by atoms with Crippen LogP contribution in [0.4, 0.5) is 0 Å². The minimum absolute atomic E-state index is 0.0348. The van der Waals surface area contributed by atoms with Crippen LogP contribution in [0.3, 0.4) is 0 Å². The van der Waals surface area contributed by atoms with Crippen LogP contribution in [0.15, 0.2) is 133 Å². The van der Waals surface area contributed by atoms with Crippen molar-refractivity contribution in [1.82, 2.24) is 19.5 Å². The van der Waals surface area contributed by atoms with Crippen LogP contribution in [-0.4, -0.2) is 19.5 Å². The van der Waals surface area contributed by atoms with Gasteiger partial charge in [-0.05, 0) is 89.5 Å². The summed E-state index contributed by atoms with van der Waals surface area (Å²) in [5.41, 5.74) is 10.4. The number of aromatic nitrogens is 4. The molecule has 0 radical (unpaired) electrons. The van der Waals surface area contributed by atoms with Crippen LogP contribution in [0, 0.1) is 23.7 Å². The van der Waals surface area contributed by atoms with Gasteiger partial charge in [0.15, 0.2) is 11.6 Å². The molecule has 0 unspecified atom stereocenters. The van der Waals surface area contributed by atoms with Crippen molar-refractivity contribution < 1.29 is 0 Å². The second kappa shape index (κ2) is 10.2. The quantitative estimate of drug-likeness (QED) is 0.190. The van der Waals surface area contributed by atoms with Crippen molar-refractivity contribution in [2.75, 3.05) is 0 Å².